The summed E-state index contributed by atoms with van der Waals surface area (Å²) in [6.45, 7) is 0. The number of aromatic nitrogens is 1. The Morgan fingerprint density at radius 1 is 0.944 bits per heavy atom. The maximum Gasteiger partial charge on any atom is 0.0739 e. The number of benzene rings is 2. The molecule has 0 bridgehead atoms. The second-order valence-corrected chi connectivity index (χ2v) is 5.66. The molecule has 1 nitrogen and oxygen atoms in total. The van der Waals surface area contributed by atoms with Gasteiger partial charge in [0.15, 0.2) is 0 Å². The van der Waals surface area contributed by atoms with Gasteiger partial charge in [0.2, 0.25) is 0 Å². The molecule has 3 aromatic rings. The smallest absolute Gasteiger partial charge is 0.0739 e. The van der Waals surface area contributed by atoms with Crippen LogP contribution < -0.4 is 0 Å². The van der Waals surface area contributed by atoms with E-state index >= 15 is 0 Å². The number of rotatable bonds is 1. The largest absolute Gasteiger partial charge is 0.248 e. The van der Waals surface area contributed by atoms with Crippen LogP contribution in [-0.4, -0.2) is 11.2 Å². The number of thioether (sulfide) groups is 1. The zero-order chi connectivity index (χ0) is 12.7. The third kappa shape index (κ3) is 1.95. The molecule has 0 spiro atoms. The highest BCUT2D eigenvalue weighted by Crippen LogP contribution is 2.33. The van der Waals surface area contributed by atoms with Crippen LogP contribution in [0.1, 0.15) is 0 Å². The van der Waals surface area contributed by atoms with Gasteiger partial charge in [-0.15, -0.1) is 11.8 Å². The zero-order valence-corrected chi connectivity index (χ0v) is 11.9. The second-order valence-electron chi connectivity index (χ2n) is 3.97. The summed E-state index contributed by atoms with van der Waals surface area (Å²) in [6, 6.07) is 11.7. The molecule has 0 radical (unpaired) electrons. The third-order valence-corrected chi connectivity index (χ3v) is 4.24. The first-order chi connectivity index (χ1) is 8.69. The lowest BCUT2D eigenvalue weighted by atomic mass is 10.1. The summed E-state index contributed by atoms with van der Waals surface area (Å²) in [4.78, 5) is 5.78. The van der Waals surface area contributed by atoms with Crippen molar-refractivity contribution in [1.29, 1.82) is 0 Å². The monoisotopic (exact) mass is 293 g/mol. The number of pyridine rings is 1. The van der Waals surface area contributed by atoms with Gasteiger partial charge < -0.3 is 0 Å². The third-order valence-electron chi connectivity index (χ3n) is 2.88. The molecule has 1 heterocycles. The molecule has 0 N–H and O–H groups in total. The maximum atomic E-state index is 6.46. The van der Waals surface area contributed by atoms with E-state index in [4.69, 9.17) is 23.2 Å². The topological polar surface area (TPSA) is 12.9 Å². The first-order valence-corrected chi connectivity index (χ1v) is 7.39. The minimum atomic E-state index is 0.672. The highest BCUT2D eigenvalue weighted by atomic mass is 35.5. The quantitative estimate of drug-likeness (QED) is 0.439. The lowest BCUT2D eigenvalue weighted by Gasteiger charge is -2.07. The summed E-state index contributed by atoms with van der Waals surface area (Å²) in [6.07, 6.45) is 2.04. The summed E-state index contributed by atoms with van der Waals surface area (Å²) in [5, 5.41) is 3.33. The fraction of sp³-hybridized carbons (Fsp3) is 0.0714. The highest BCUT2D eigenvalue weighted by Gasteiger charge is 2.08. The molecule has 0 unspecified atom stereocenters. The average Bonchev–Trinajstić information content (AvgIpc) is 2.38. The Balaban J connectivity index is 2.44. The van der Waals surface area contributed by atoms with Crippen molar-refractivity contribution in [2.45, 2.75) is 4.90 Å². The van der Waals surface area contributed by atoms with E-state index in [-0.39, 0.29) is 0 Å². The lowest BCUT2D eigenvalue weighted by molar-refractivity contribution is 1.45. The van der Waals surface area contributed by atoms with Crippen molar-refractivity contribution >= 4 is 56.8 Å². The number of nitrogens with zero attached hydrogens (tertiary/aromatic N) is 1. The minimum absolute atomic E-state index is 0.672. The summed E-state index contributed by atoms with van der Waals surface area (Å²) < 4.78 is 0. The SMILES string of the molecule is CSc1ccc2nc3cc(Cl)ccc3c(Cl)c2c1. The maximum absolute atomic E-state index is 6.46. The molecule has 0 aliphatic rings. The van der Waals surface area contributed by atoms with Gasteiger partial charge in [0.25, 0.3) is 0 Å². The summed E-state index contributed by atoms with van der Waals surface area (Å²) >= 11 is 14.1. The van der Waals surface area contributed by atoms with E-state index in [9.17, 15) is 0 Å². The van der Waals surface area contributed by atoms with Gasteiger partial charge in [-0.1, -0.05) is 23.2 Å². The fourth-order valence-corrected chi connectivity index (χ4v) is 2.89. The Morgan fingerprint density at radius 3 is 2.56 bits per heavy atom. The molecule has 0 saturated heterocycles. The van der Waals surface area contributed by atoms with Crippen molar-refractivity contribution in [2.75, 3.05) is 6.26 Å². The van der Waals surface area contributed by atoms with Crippen LogP contribution in [0.25, 0.3) is 21.8 Å². The summed E-state index contributed by atoms with van der Waals surface area (Å²) in [5.41, 5.74) is 1.73. The molecular weight excluding hydrogens is 285 g/mol. The van der Waals surface area contributed by atoms with Crippen LogP contribution in [0.5, 0.6) is 0 Å². The predicted molar refractivity (Wildman–Crippen MR) is 81.1 cm³/mol. The van der Waals surface area contributed by atoms with Crippen molar-refractivity contribution in [3.8, 4) is 0 Å². The summed E-state index contributed by atoms with van der Waals surface area (Å²) in [5.74, 6) is 0. The predicted octanol–water partition coefficient (Wildman–Crippen LogP) is 5.42. The van der Waals surface area contributed by atoms with Gasteiger partial charge in [-0.25, -0.2) is 4.98 Å². The van der Waals surface area contributed by atoms with Crippen LogP contribution in [0.3, 0.4) is 0 Å². The normalized spacial score (nSPS) is 11.3. The van der Waals surface area contributed by atoms with E-state index < -0.39 is 0 Å². The Morgan fingerprint density at radius 2 is 1.78 bits per heavy atom. The number of hydrogen-bond donors (Lipinski definition) is 0. The molecule has 0 aliphatic heterocycles. The highest BCUT2D eigenvalue weighted by molar-refractivity contribution is 7.98. The summed E-state index contributed by atoms with van der Waals surface area (Å²) in [7, 11) is 0. The Kier molecular flexibility index (Phi) is 3.10. The zero-order valence-electron chi connectivity index (χ0n) is 9.58. The standard InChI is InChI=1S/C14H9Cl2NS/c1-18-9-3-5-12-11(7-9)14(16)10-4-2-8(15)6-13(10)17-12/h2-7H,1H3. The first-order valence-electron chi connectivity index (χ1n) is 5.41. The molecule has 0 atom stereocenters. The molecule has 0 fully saturated rings. The Bertz CT molecular complexity index is 755. The molecule has 4 heteroatoms. The number of fused-ring (bicyclic) bond motifs is 2. The average molecular weight is 294 g/mol. The van der Waals surface area contributed by atoms with E-state index in [1.54, 1.807) is 11.8 Å². The Labute approximate surface area is 119 Å². The molecule has 2 aromatic carbocycles. The lowest BCUT2D eigenvalue weighted by Crippen LogP contribution is -1.85. The van der Waals surface area contributed by atoms with Gasteiger partial charge in [0.1, 0.15) is 0 Å². The van der Waals surface area contributed by atoms with Gasteiger partial charge in [-0.3, -0.25) is 0 Å². The minimum Gasteiger partial charge on any atom is -0.248 e. The van der Waals surface area contributed by atoms with E-state index in [0.29, 0.717) is 5.02 Å². The second kappa shape index (κ2) is 4.61. The molecule has 1 aromatic heterocycles. The Hall–Kier alpha value is -0.960. The molecule has 0 amide bonds. The van der Waals surface area contributed by atoms with Crippen molar-refractivity contribution < 1.29 is 0 Å². The van der Waals surface area contributed by atoms with Gasteiger partial charge in [0, 0.05) is 20.7 Å². The fourth-order valence-electron chi connectivity index (χ4n) is 1.97. The van der Waals surface area contributed by atoms with Crippen molar-refractivity contribution in [2.24, 2.45) is 0 Å². The van der Waals surface area contributed by atoms with Crippen LogP contribution in [-0.2, 0) is 0 Å². The van der Waals surface area contributed by atoms with Crippen LogP contribution in [0.2, 0.25) is 10.0 Å². The van der Waals surface area contributed by atoms with Crippen molar-refractivity contribution in [3.63, 3.8) is 0 Å². The van der Waals surface area contributed by atoms with Crippen LogP contribution >= 0.6 is 35.0 Å². The van der Waals surface area contributed by atoms with E-state index in [1.165, 1.54) is 4.90 Å². The number of halogens is 2. The number of hydrogen-bond acceptors (Lipinski definition) is 2. The molecule has 3 rings (SSSR count). The molecule has 0 aliphatic carbocycles. The first kappa shape index (κ1) is 12.1. The van der Waals surface area contributed by atoms with Gasteiger partial charge in [-0.2, -0.15) is 0 Å². The van der Waals surface area contributed by atoms with E-state index in [2.05, 4.69) is 11.1 Å². The van der Waals surface area contributed by atoms with Crippen LogP contribution in [0.15, 0.2) is 41.3 Å². The van der Waals surface area contributed by atoms with E-state index in [1.807, 2.05) is 36.6 Å². The van der Waals surface area contributed by atoms with Crippen LogP contribution in [0, 0.1) is 0 Å². The van der Waals surface area contributed by atoms with Gasteiger partial charge in [0.05, 0.1) is 16.1 Å². The van der Waals surface area contributed by atoms with Crippen molar-refractivity contribution in [1.82, 2.24) is 4.98 Å². The molecular formula is C14H9Cl2NS. The molecule has 18 heavy (non-hydrogen) atoms. The van der Waals surface area contributed by atoms with Gasteiger partial charge >= 0.3 is 0 Å². The van der Waals surface area contributed by atoms with Crippen LogP contribution in [0.4, 0.5) is 0 Å². The van der Waals surface area contributed by atoms with Gasteiger partial charge in [-0.05, 0) is 42.7 Å². The van der Waals surface area contributed by atoms with Crippen molar-refractivity contribution in [3.05, 3.63) is 46.4 Å². The molecule has 90 valence electrons. The molecule has 0 saturated carbocycles. The van der Waals surface area contributed by atoms with E-state index in [0.717, 1.165) is 26.8 Å².